The Kier molecular flexibility index (Phi) is 3.64. The fourth-order valence-corrected chi connectivity index (χ4v) is 2.36. The summed E-state index contributed by atoms with van der Waals surface area (Å²) >= 11 is 3.45. The molecule has 0 amide bonds. The number of halogens is 1. The summed E-state index contributed by atoms with van der Waals surface area (Å²) in [6.07, 6.45) is 0.764. The molecule has 1 aromatic rings. The van der Waals surface area contributed by atoms with E-state index in [-0.39, 0.29) is 6.10 Å². The van der Waals surface area contributed by atoms with Gasteiger partial charge in [0.05, 0.1) is 12.7 Å². The van der Waals surface area contributed by atoms with Crippen molar-refractivity contribution in [2.75, 3.05) is 13.2 Å². The fraction of sp³-hybridized carbons (Fsp3) is 0.500. The molecule has 1 aromatic carbocycles. The maximum Gasteiger partial charge on any atom is 0.170 e. The van der Waals surface area contributed by atoms with Gasteiger partial charge in [-0.05, 0) is 24.6 Å². The Balaban J connectivity index is 2.04. The molecule has 2 N–H and O–H groups in total. The number of hydrogen-bond donors (Lipinski definition) is 1. The molecule has 2 atom stereocenters. The normalized spacial score (nSPS) is 29.6. The van der Waals surface area contributed by atoms with Crippen LogP contribution in [0.5, 0.6) is 0 Å². The predicted octanol–water partition coefficient (Wildman–Crippen LogP) is 2.08. The number of nitrogens with two attached hydrogens (primary N) is 1. The van der Waals surface area contributed by atoms with E-state index in [1.807, 2.05) is 19.1 Å². The third-order valence-electron chi connectivity index (χ3n) is 2.67. The van der Waals surface area contributed by atoms with Crippen molar-refractivity contribution in [3.63, 3.8) is 0 Å². The summed E-state index contributed by atoms with van der Waals surface area (Å²) in [5.41, 5.74) is 6.75. The lowest BCUT2D eigenvalue weighted by Gasteiger charge is -2.23. The highest BCUT2D eigenvalue weighted by molar-refractivity contribution is 9.10. The van der Waals surface area contributed by atoms with Crippen molar-refractivity contribution in [1.82, 2.24) is 0 Å². The van der Waals surface area contributed by atoms with E-state index >= 15 is 0 Å². The first kappa shape index (κ1) is 12.0. The van der Waals surface area contributed by atoms with Crippen molar-refractivity contribution in [3.8, 4) is 0 Å². The molecule has 2 unspecified atom stereocenters. The molecule has 0 aromatic heterocycles. The summed E-state index contributed by atoms with van der Waals surface area (Å²) in [4.78, 5) is 0. The molecule has 0 spiro atoms. The van der Waals surface area contributed by atoms with E-state index < -0.39 is 5.79 Å². The summed E-state index contributed by atoms with van der Waals surface area (Å²) in [6.45, 7) is 3.05. The number of ether oxygens (including phenoxy) is 2. The van der Waals surface area contributed by atoms with E-state index in [2.05, 4.69) is 28.1 Å². The van der Waals surface area contributed by atoms with Gasteiger partial charge in [-0.2, -0.15) is 0 Å². The van der Waals surface area contributed by atoms with Crippen molar-refractivity contribution >= 4 is 15.9 Å². The minimum atomic E-state index is -0.537. The molecule has 0 radical (unpaired) electrons. The molecule has 1 saturated heterocycles. The Morgan fingerprint density at radius 3 is 3.00 bits per heavy atom. The Bertz CT molecular complexity index is 372. The van der Waals surface area contributed by atoms with Gasteiger partial charge in [0, 0.05) is 17.4 Å². The second-order valence-electron chi connectivity index (χ2n) is 4.23. The second kappa shape index (κ2) is 4.84. The van der Waals surface area contributed by atoms with Gasteiger partial charge in [0.15, 0.2) is 5.79 Å². The molecule has 0 bridgehead atoms. The second-order valence-corrected chi connectivity index (χ2v) is 5.14. The van der Waals surface area contributed by atoms with Crippen LogP contribution in [-0.2, 0) is 15.9 Å². The monoisotopic (exact) mass is 285 g/mol. The van der Waals surface area contributed by atoms with Gasteiger partial charge >= 0.3 is 0 Å². The van der Waals surface area contributed by atoms with Crippen LogP contribution in [0.2, 0.25) is 0 Å². The first-order valence-corrected chi connectivity index (χ1v) is 6.17. The van der Waals surface area contributed by atoms with Crippen molar-refractivity contribution in [1.29, 1.82) is 0 Å². The van der Waals surface area contributed by atoms with Crippen molar-refractivity contribution in [2.45, 2.75) is 25.2 Å². The number of benzene rings is 1. The van der Waals surface area contributed by atoms with Gasteiger partial charge in [-0.3, -0.25) is 0 Å². The summed E-state index contributed by atoms with van der Waals surface area (Å²) < 4.78 is 12.5. The standard InChI is InChI=1S/C12H16BrNO2/c1-12(15-8-11(7-14)16-12)6-9-3-2-4-10(13)5-9/h2-5,11H,6-8,14H2,1H3. The van der Waals surface area contributed by atoms with E-state index in [1.165, 1.54) is 5.56 Å². The molecular weight excluding hydrogens is 270 g/mol. The first-order valence-electron chi connectivity index (χ1n) is 5.37. The molecule has 0 aliphatic carbocycles. The van der Waals surface area contributed by atoms with Crippen LogP contribution in [0.15, 0.2) is 28.7 Å². The predicted molar refractivity (Wildman–Crippen MR) is 66.1 cm³/mol. The minimum absolute atomic E-state index is 0.0251. The average molecular weight is 286 g/mol. The van der Waals surface area contributed by atoms with E-state index in [0.717, 1.165) is 10.9 Å². The van der Waals surface area contributed by atoms with Gasteiger partial charge < -0.3 is 15.2 Å². The van der Waals surface area contributed by atoms with Gasteiger partial charge in [0.1, 0.15) is 0 Å². The quantitative estimate of drug-likeness (QED) is 0.925. The first-order chi connectivity index (χ1) is 7.61. The molecule has 3 nitrogen and oxygen atoms in total. The fourth-order valence-electron chi connectivity index (χ4n) is 1.92. The van der Waals surface area contributed by atoms with Gasteiger partial charge in [-0.1, -0.05) is 28.1 Å². The molecule has 4 heteroatoms. The lowest BCUT2D eigenvalue weighted by atomic mass is 10.1. The van der Waals surface area contributed by atoms with Crippen molar-refractivity contribution < 1.29 is 9.47 Å². The molecule has 0 saturated carbocycles. The summed E-state index contributed by atoms with van der Waals surface area (Å²) in [5, 5.41) is 0. The highest BCUT2D eigenvalue weighted by atomic mass is 79.9. The van der Waals surface area contributed by atoms with Crippen LogP contribution >= 0.6 is 15.9 Å². The summed E-state index contributed by atoms with van der Waals surface area (Å²) in [7, 11) is 0. The maximum atomic E-state index is 5.78. The maximum absolute atomic E-state index is 5.78. The van der Waals surface area contributed by atoms with Gasteiger partial charge in [0.2, 0.25) is 0 Å². The van der Waals surface area contributed by atoms with Crippen LogP contribution in [0.25, 0.3) is 0 Å². The Morgan fingerprint density at radius 1 is 1.56 bits per heavy atom. The number of hydrogen-bond acceptors (Lipinski definition) is 3. The zero-order valence-electron chi connectivity index (χ0n) is 9.28. The highest BCUT2D eigenvalue weighted by Gasteiger charge is 2.36. The van der Waals surface area contributed by atoms with Crippen LogP contribution in [0.3, 0.4) is 0 Å². The van der Waals surface area contributed by atoms with Crippen LogP contribution in [0.1, 0.15) is 12.5 Å². The van der Waals surface area contributed by atoms with E-state index in [4.69, 9.17) is 15.2 Å². The Labute approximate surface area is 104 Å². The summed E-state index contributed by atoms with van der Waals surface area (Å²) in [5.74, 6) is -0.537. The molecule has 16 heavy (non-hydrogen) atoms. The third-order valence-corrected chi connectivity index (χ3v) is 3.16. The zero-order chi connectivity index (χ0) is 11.6. The van der Waals surface area contributed by atoms with Gasteiger partial charge in [0.25, 0.3) is 0 Å². The molecule has 1 heterocycles. The smallest absolute Gasteiger partial charge is 0.170 e. The molecule has 2 rings (SSSR count). The average Bonchev–Trinajstić information content (AvgIpc) is 2.60. The molecular formula is C12H16BrNO2. The van der Waals surface area contributed by atoms with Crippen LogP contribution in [0.4, 0.5) is 0 Å². The molecule has 1 fully saturated rings. The van der Waals surface area contributed by atoms with Crippen LogP contribution in [0, 0.1) is 0 Å². The topological polar surface area (TPSA) is 44.5 Å². The highest BCUT2D eigenvalue weighted by Crippen LogP contribution is 2.27. The van der Waals surface area contributed by atoms with E-state index in [0.29, 0.717) is 13.2 Å². The lowest BCUT2D eigenvalue weighted by molar-refractivity contribution is -0.151. The van der Waals surface area contributed by atoms with E-state index in [1.54, 1.807) is 0 Å². The third kappa shape index (κ3) is 2.83. The SMILES string of the molecule is CC1(Cc2cccc(Br)c2)OCC(CN)O1. The Hall–Kier alpha value is -0.420. The van der Waals surface area contributed by atoms with E-state index in [9.17, 15) is 0 Å². The molecule has 1 aliphatic heterocycles. The van der Waals surface area contributed by atoms with Crippen LogP contribution in [-0.4, -0.2) is 25.0 Å². The lowest BCUT2D eigenvalue weighted by Crippen LogP contribution is -2.31. The van der Waals surface area contributed by atoms with Gasteiger partial charge in [-0.25, -0.2) is 0 Å². The van der Waals surface area contributed by atoms with Crippen molar-refractivity contribution in [3.05, 3.63) is 34.3 Å². The summed E-state index contributed by atoms with van der Waals surface area (Å²) in [6, 6.07) is 8.16. The molecule has 1 aliphatic rings. The molecule has 88 valence electrons. The van der Waals surface area contributed by atoms with Gasteiger partial charge in [-0.15, -0.1) is 0 Å². The minimum Gasteiger partial charge on any atom is -0.347 e. The Morgan fingerprint density at radius 2 is 2.38 bits per heavy atom. The largest absolute Gasteiger partial charge is 0.347 e. The van der Waals surface area contributed by atoms with Crippen LogP contribution < -0.4 is 5.73 Å². The number of rotatable bonds is 3. The van der Waals surface area contributed by atoms with Crippen molar-refractivity contribution in [2.24, 2.45) is 5.73 Å². The zero-order valence-corrected chi connectivity index (χ0v) is 10.9.